The molecule has 0 amide bonds. The summed E-state index contributed by atoms with van der Waals surface area (Å²) in [4.78, 5) is 24.7. The number of unbranched alkanes of at least 4 members (excludes halogenated alkanes) is 7. The van der Waals surface area contributed by atoms with Crippen LogP contribution in [0.2, 0.25) is 0 Å². The molecule has 0 unspecified atom stereocenters. The van der Waals surface area contributed by atoms with Crippen LogP contribution in [0.1, 0.15) is 129 Å². The second-order valence-corrected chi connectivity index (χ2v) is 10.4. The van der Waals surface area contributed by atoms with Gasteiger partial charge in [0.2, 0.25) is 0 Å². The van der Waals surface area contributed by atoms with Crippen molar-refractivity contribution in [2.45, 2.75) is 136 Å². The third-order valence-electron chi connectivity index (χ3n) is 7.15. The van der Waals surface area contributed by atoms with Crippen molar-refractivity contribution in [2.75, 3.05) is 6.61 Å². The monoisotopic (exact) mass is 436 g/mol. The summed E-state index contributed by atoms with van der Waals surface area (Å²) in [6.07, 6.45) is 20.3. The van der Waals surface area contributed by atoms with E-state index in [1.807, 2.05) is 0 Å². The van der Waals surface area contributed by atoms with Gasteiger partial charge in [0.05, 0.1) is 18.4 Å². The van der Waals surface area contributed by atoms with Crippen molar-refractivity contribution in [1.29, 1.82) is 0 Å². The molecule has 0 bridgehead atoms. The van der Waals surface area contributed by atoms with E-state index in [0.29, 0.717) is 6.61 Å². The summed E-state index contributed by atoms with van der Waals surface area (Å²) in [6, 6.07) is 0. The van der Waals surface area contributed by atoms with Gasteiger partial charge >= 0.3 is 11.9 Å². The Balaban J connectivity index is 1.43. The molecule has 0 spiro atoms. The first-order chi connectivity index (χ1) is 15.1. The van der Waals surface area contributed by atoms with Gasteiger partial charge < -0.3 is 9.47 Å². The first-order valence-corrected chi connectivity index (χ1v) is 13.4. The molecule has 180 valence electrons. The SMILES string of the molecule is CC(C)CCCCCCCCCCOC(=O)C1CCC(C(=O)OC2CCCCC2)CC1. The highest BCUT2D eigenvalue weighted by molar-refractivity contribution is 5.75. The van der Waals surface area contributed by atoms with E-state index in [2.05, 4.69) is 13.8 Å². The lowest BCUT2D eigenvalue weighted by molar-refractivity contribution is -0.159. The molecule has 2 aliphatic rings. The minimum absolute atomic E-state index is 0.0173. The minimum Gasteiger partial charge on any atom is -0.465 e. The van der Waals surface area contributed by atoms with Gasteiger partial charge in [0.25, 0.3) is 0 Å². The number of hydrogen-bond acceptors (Lipinski definition) is 4. The lowest BCUT2D eigenvalue weighted by atomic mass is 9.82. The molecule has 0 saturated heterocycles. The van der Waals surface area contributed by atoms with E-state index < -0.39 is 0 Å². The number of ether oxygens (including phenoxy) is 2. The van der Waals surface area contributed by atoms with E-state index in [4.69, 9.17) is 9.47 Å². The largest absolute Gasteiger partial charge is 0.465 e. The van der Waals surface area contributed by atoms with Crippen molar-refractivity contribution in [3.05, 3.63) is 0 Å². The minimum atomic E-state index is -0.0516. The van der Waals surface area contributed by atoms with Crippen molar-refractivity contribution in [2.24, 2.45) is 17.8 Å². The molecule has 4 heteroatoms. The molecule has 2 saturated carbocycles. The van der Waals surface area contributed by atoms with Gasteiger partial charge in [0.15, 0.2) is 0 Å². The molecule has 0 radical (unpaired) electrons. The Morgan fingerprint density at radius 1 is 0.677 bits per heavy atom. The second kappa shape index (κ2) is 15.7. The topological polar surface area (TPSA) is 52.6 Å². The Morgan fingerprint density at radius 3 is 1.77 bits per heavy atom. The zero-order chi connectivity index (χ0) is 22.3. The number of rotatable bonds is 14. The Morgan fingerprint density at radius 2 is 1.19 bits per heavy atom. The van der Waals surface area contributed by atoms with Crippen LogP contribution in [-0.4, -0.2) is 24.6 Å². The summed E-state index contributed by atoms with van der Waals surface area (Å²) in [5.74, 6) is 0.712. The van der Waals surface area contributed by atoms with Crippen LogP contribution >= 0.6 is 0 Å². The van der Waals surface area contributed by atoms with E-state index >= 15 is 0 Å². The zero-order valence-electron chi connectivity index (χ0n) is 20.4. The molecule has 0 heterocycles. The molecular weight excluding hydrogens is 388 g/mol. The van der Waals surface area contributed by atoms with E-state index in [0.717, 1.165) is 57.3 Å². The highest BCUT2D eigenvalue weighted by Gasteiger charge is 2.32. The molecule has 2 fully saturated rings. The molecule has 4 nitrogen and oxygen atoms in total. The van der Waals surface area contributed by atoms with Crippen LogP contribution in [0.4, 0.5) is 0 Å². The normalized spacial score (nSPS) is 22.4. The Labute approximate surface area is 191 Å². The summed E-state index contributed by atoms with van der Waals surface area (Å²) in [5, 5.41) is 0. The molecule has 0 aliphatic heterocycles. The summed E-state index contributed by atoms with van der Waals surface area (Å²) >= 11 is 0. The Hall–Kier alpha value is -1.06. The fourth-order valence-electron chi connectivity index (χ4n) is 5.01. The summed E-state index contributed by atoms with van der Waals surface area (Å²) in [5.41, 5.74) is 0. The van der Waals surface area contributed by atoms with Crippen LogP contribution in [0, 0.1) is 17.8 Å². The van der Waals surface area contributed by atoms with Crippen molar-refractivity contribution < 1.29 is 19.1 Å². The van der Waals surface area contributed by atoms with Crippen LogP contribution in [0.25, 0.3) is 0 Å². The molecular formula is C27H48O4. The standard InChI is InChI=1S/C27H48O4/c1-22(2)14-10-7-5-3-4-6-8-13-21-30-26(28)23-17-19-24(20-18-23)27(29)31-25-15-11-9-12-16-25/h22-25H,3-21H2,1-2H3. The maximum atomic E-state index is 12.4. The fourth-order valence-corrected chi connectivity index (χ4v) is 5.01. The summed E-state index contributed by atoms with van der Waals surface area (Å²) in [6.45, 7) is 5.15. The third kappa shape index (κ3) is 11.4. The quantitative estimate of drug-likeness (QED) is 0.210. The van der Waals surface area contributed by atoms with Crippen LogP contribution in [-0.2, 0) is 19.1 Å². The third-order valence-corrected chi connectivity index (χ3v) is 7.15. The van der Waals surface area contributed by atoms with Gasteiger partial charge in [-0.1, -0.05) is 71.6 Å². The van der Waals surface area contributed by atoms with Crippen LogP contribution < -0.4 is 0 Å². The van der Waals surface area contributed by atoms with Gasteiger partial charge in [-0.15, -0.1) is 0 Å². The maximum absolute atomic E-state index is 12.4. The molecule has 2 rings (SSSR count). The molecule has 0 aromatic heterocycles. The van der Waals surface area contributed by atoms with Crippen LogP contribution in [0.15, 0.2) is 0 Å². The smallest absolute Gasteiger partial charge is 0.309 e. The molecule has 2 aliphatic carbocycles. The van der Waals surface area contributed by atoms with Gasteiger partial charge in [-0.3, -0.25) is 9.59 Å². The lowest BCUT2D eigenvalue weighted by Gasteiger charge is -2.28. The number of hydrogen-bond donors (Lipinski definition) is 0. The van der Waals surface area contributed by atoms with E-state index in [-0.39, 0.29) is 29.9 Å². The van der Waals surface area contributed by atoms with Crippen molar-refractivity contribution >= 4 is 11.9 Å². The van der Waals surface area contributed by atoms with Gasteiger partial charge in [0, 0.05) is 0 Å². The first kappa shape index (κ1) is 26.2. The van der Waals surface area contributed by atoms with Crippen molar-refractivity contribution in [3.8, 4) is 0 Å². The highest BCUT2D eigenvalue weighted by Crippen LogP contribution is 2.32. The molecule has 0 N–H and O–H groups in total. The molecule has 0 atom stereocenters. The van der Waals surface area contributed by atoms with E-state index in [1.54, 1.807) is 0 Å². The molecule has 31 heavy (non-hydrogen) atoms. The first-order valence-electron chi connectivity index (χ1n) is 13.4. The molecule has 0 aromatic rings. The number of carbonyl (C=O) groups is 2. The van der Waals surface area contributed by atoms with Crippen LogP contribution in [0.5, 0.6) is 0 Å². The second-order valence-electron chi connectivity index (χ2n) is 10.4. The highest BCUT2D eigenvalue weighted by atomic mass is 16.5. The van der Waals surface area contributed by atoms with E-state index in [1.165, 1.54) is 64.2 Å². The van der Waals surface area contributed by atoms with Gasteiger partial charge in [-0.2, -0.15) is 0 Å². The predicted molar refractivity (Wildman–Crippen MR) is 126 cm³/mol. The Bertz CT molecular complexity index is 487. The summed E-state index contributed by atoms with van der Waals surface area (Å²) < 4.78 is 11.2. The van der Waals surface area contributed by atoms with Gasteiger partial charge in [-0.05, 0) is 63.7 Å². The predicted octanol–water partition coefficient (Wildman–Crippen LogP) is 7.38. The van der Waals surface area contributed by atoms with Gasteiger partial charge in [0.1, 0.15) is 6.10 Å². The average Bonchev–Trinajstić information content (AvgIpc) is 2.78. The zero-order valence-corrected chi connectivity index (χ0v) is 20.4. The van der Waals surface area contributed by atoms with Crippen molar-refractivity contribution in [3.63, 3.8) is 0 Å². The van der Waals surface area contributed by atoms with Crippen molar-refractivity contribution in [1.82, 2.24) is 0 Å². The number of carbonyl (C=O) groups excluding carboxylic acids is 2. The van der Waals surface area contributed by atoms with E-state index in [9.17, 15) is 9.59 Å². The van der Waals surface area contributed by atoms with Crippen LogP contribution in [0.3, 0.4) is 0 Å². The molecule has 0 aromatic carbocycles. The average molecular weight is 437 g/mol. The van der Waals surface area contributed by atoms with Gasteiger partial charge in [-0.25, -0.2) is 0 Å². The Kier molecular flexibility index (Phi) is 13.3. The lowest BCUT2D eigenvalue weighted by Crippen LogP contribution is -2.31. The fraction of sp³-hybridized carbons (Fsp3) is 0.926. The number of esters is 2. The maximum Gasteiger partial charge on any atom is 0.309 e. The summed E-state index contributed by atoms with van der Waals surface area (Å²) in [7, 11) is 0.